The van der Waals surface area contributed by atoms with E-state index in [9.17, 15) is 27.9 Å². The average Bonchev–Trinajstić information content (AvgIpc) is 3.51. The summed E-state index contributed by atoms with van der Waals surface area (Å²) in [6.45, 7) is 3.70. The summed E-state index contributed by atoms with van der Waals surface area (Å²) in [4.78, 5) is 40.2. The van der Waals surface area contributed by atoms with Gasteiger partial charge in [-0.1, -0.05) is 78.9 Å². The first-order valence-corrected chi connectivity index (χ1v) is 17.1. The maximum Gasteiger partial charge on any atom is 0.257 e. The van der Waals surface area contributed by atoms with Crippen LogP contribution in [0.1, 0.15) is 56.7 Å². The molecule has 1 aromatic heterocycles. The van der Waals surface area contributed by atoms with Crippen LogP contribution in [-0.4, -0.2) is 66.9 Å². The van der Waals surface area contributed by atoms with Crippen LogP contribution in [0.3, 0.4) is 0 Å². The zero-order chi connectivity index (χ0) is 33.4. The molecule has 0 unspecified atom stereocenters. The maximum atomic E-state index is 13.7. The third-order valence-corrected chi connectivity index (χ3v) is 9.40. The molecule has 1 heterocycles. The number of amides is 3. The highest BCUT2D eigenvalue weighted by molar-refractivity contribution is 7.92. The van der Waals surface area contributed by atoms with Crippen LogP contribution in [0.2, 0.25) is 0 Å². The fourth-order valence-electron chi connectivity index (χ4n) is 4.52. The van der Waals surface area contributed by atoms with Crippen molar-refractivity contribution in [1.29, 1.82) is 0 Å². The van der Waals surface area contributed by atoms with E-state index in [1.807, 2.05) is 43.3 Å². The molecule has 0 saturated carbocycles. The molecule has 0 radical (unpaired) electrons. The Hall–Kier alpha value is -4.66. The topological polar surface area (TPSA) is 171 Å². The molecule has 12 nitrogen and oxygen atoms in total. The molecule has 0 saturated heterocycles. The zero-order valence-electron chi connectivity index (χ0n) is 25.8. The van der Waals surface area contributed by atoms with E-state index >= 15 is 0 Å². The number of aromatic nitrogens is 2. The first-order valence-electron chi connectivity index (χ1n) is 14.5. The number of aryl methyl sites for hydroxylation is 1. The van der Waals surface area contributed by atoms with Crippen molar-refractivity contribution in [2.24, 2.45) is 0 Å². The fraction of sp³-hybridized carbons (Fsp3) is 0.281. The van der Waals surface area contributed by atoms with E-state index in [4.69, 9.17) is 0 Å². The quantitative estimate of drug-likeness (QED) is 0.169. The van der Waals surface area contributed by atoms with Gasteiger partial charge >= 0.3 is 0 Å². The lowest BCUT2D eigenvalue weighted by Crippen LogP contribution is -2.50. The molecular formula is C32H36N6O6S2. The lowest BCUT2D eigenvalue weighted by Gasteiger charge is -2.24. The Morgan fingerprint density at radius 1 is 0.913 bits per heavy atom. The minimum atomic E-state index is -3.76. The second-order valence-corrected chi connectivity index (χ2v) is 13.7. The third kappa shape index (κ3) is 8.96. The van der Waals surface area contributed by atoms with Gasteiger partial charge in [0.05, 0.1) is 24.0 Å². The molecule has 3 atom stereocenters. The number of aliphatic hydroxyl groups is 1. The molecule has 0 fully saturated rings. The second kappa shape index (κ2) is 15.1. The van der Waals surface area contributed by atoms with Crippen LogP contribution >= 0.6 is 11.3 Å². The van der Waals surface area contributed by atoms with E-state index in [2.05, 4.69) is 26.1 Å². The standard InChI is InChI=1S/C32H36N6O6S2/c1-5-27-36-37-32(45-27)35-31(42)28(39)26(16-21-12-8-6-9-13-21)34-30(41)24-17-23(18-25(19-24)38(3)46(4,43)44)29(40)33-20(2)22-14-10-7-11-15-22/h6-15,17-20,26,28,39H,5,16H2,1-4H3,(H,33,40)(H,34,41)(H,35,37,42)/t20-,26+,28-/m1/s1. The van der Waals surface area contributed by atoms with Gasteiger partial charge in [-0.2, -0.15) is 0 Å². The molecule has 4 rings (SSSR count). The third-order valence-electron chi connectivity index (χ3n) is 7.21. The van der Waals surface area contributed by atoms with Crippen molar-refractivity contribution in [3.63, 3.8) is 0 Å². The molecule has 4 N–H and O–H groups in total. The van der Waals surface area contributed by atoms with Gasteiger partial charge in [-0.05, 0) is 49.1 Å². The first kappa shape index (κ1) is 34.2. The van der Waals surface area contributed by atoms with Gasteiger partial charge in [-0.3, -0.25) is 24.0 Å². The molecule has 46 heavy (non-hydrogen) atoms. The molecule has 3 amide bonds. The number of nitrogens with zero attached hydrogens (tertiary/aromatic N) is 3. The van der Waals surface area contributed by atoms with Gasteiger partial charge in [0.2, 0.25) is 15.2 Å². The van der Waals surface area contributed by atoms with E-state index in [0.717, 1.165) is 21.7 Å². The monoisotopic (exact) mass is 664 g/mol. The molecule has 0 aliphatic heterocycles. The van der Waals surface area contributed by atoms with Crippen molar-refractivity contribution in [3.05, 3.63) is 106 Å². The van der Waals surface area contributed by atoms with E-state index < -0.39 is 39.9 Å². The van der Waals surface area contributed by atoms with Gasteiger partial charge in [0.1, 0.15) is 5.01 Å². The Labute approximate surface area is 271 Å². The Kier molecular flexibility index (Phi) is 11.2. The molecule has 0 aliphatic carbocycles. The van der Waals surface area contributed by atoms with Crippen molar-refractivity contribution < 1.29 is 27.9 Å². The lowest BCUT2D eigenvalue weighted by atomic mass is 9.99. The summed E-state index contributed by atoms with van der Waals surface area (Å²) in [6, 6.07) is 20.8. The number of carbonyl (C=O) groups is 3. The van der Waals surface area contributed by atoms with Gasteiger partial charge in [0.15, 0.2) is 6.10 Å². The number of hydrogen-bond donors (Lipinski definition) is 4. The molecule has 0 spiro atoms. The zero-order valence-corrected chi connectivity index (χ0v) is 27.4. The number of carbonyl (C=O) groups excluding carboxylic acids is 3. The lowest BCUT2D eigenvalue weighted by molar-refractivity contribution is -0.125. The van der Waals surface area contributed by atoms with E-state index in [-0.39, 0.29) is 34.4 Å². The summed E-state index contributed by atoms with van der Waals surface area (Å²) in [5, 5.41) is 28.1. The van der Waals surface area contributed by atoms with Crippen molar-refractivity contribution in [3.8, 4) is 0 Å². The fourth-order valence-corrected chi connectivity index (χ4v) is 5.69. The van der Waals surface area contributed by atoms with E-state index in [1.54, 1.807) is 31.2 Å². The summed E-state index contributed by atoms with van der Waals surface area (Å²) in [6.07, 6.45) is 0.0159. The number of sulfonamides is 1. The van der Waals surface area contributed by atoms with Crippen LogP contribution in [0.4, 0.5) is 10.8 Å². The molecule has 14 heteroatoms. The molecule has 0 bridgehead atoms. The number of hydrogen-bond acceptors (Lipinski definition) is 9. The Balaban J connectivity index is 1.64. The van der Waals surface area contributed by atoms with Gasteiger partial charge in [0.25, 0.3) is 17.7 Å². The van der Waals surface area contributed by atoms with Crippen molar-refractivity contribution in [2.45, 2.75) is 44.9 Å². The predicted molar refractivity (Wildman–Crippen MR) is 177 cm³/mol. The van der Waals surface area contributed by atoms with Crippen LogP contribution < -0.4 is 20.3 Å². The summed E-state index contributed by atoms with van der Waals surface area (Å²) in [5.74, 6) is -2.05. The maximum absolute atomic E-state index is 13.7. The molecule has 242 valence electrons. The Morgan fingerprint density at radius 2 is 1.50 bits per heavy atom. The van der Waals surface area contributed by atoms with Crippen LogP contribution in [0.15, 0.2) is 78.9 Å². The minimum absolute atomic E-state index is 0.0434. The molecule has 0 aliphatic rings. The first-order chi connectivity index (χ1) is 21.8. The van der Waals surface area contributed by atoms with Crippen molar-refractivity contribution in [1.82, 2.24) is 20.8 Å². The summed E-state index contributed by atoms with van der Waals surface area (Å²) >= 11 is 1.17. The Morgan fingerprint density at radius 3 is 2.07 bits per heavy atom. The van der Waals surface area contributed by atoms with Crippen LogP contribution in [0.5, 0.6) is 0 Å². The highest BCUT2D eigenvalue weighted by Gasteiger charge is 2.30. The summed E-state index contributed by atoms with van der Waals surface area (Å²) in [5.41, 5.74) is 1.67. The van der Waals surface area contributed by atoms with Gasteiger partial charge in [-0.25, -0.2) is 8.42 Å². The average molecular weight is 665 g/mol. The summed E-state index contributed by atoms with van der Waals surface area (Å²) < 4.78 is 25.8. The molecule has 4 aromatic rings. The number of anilines is 2. The van der Waals surface area contributed by atoms with E-state index in [0.29, 0.717) is 11.4 Å². The smallest absolute Gasteiger partial charge is 0.257 e. The van der Waals surface area contributed by atoms with E-state index in [1.165, 1.54) is 36.6 Å². The number of benzene rings is 3. The normalized spacial score (nSPS) is 13.2. The SMILES string of the molecule is CCc1nnc(NC(=O)[C@H](O)[C@H](Cc2ccccc2)NC(=O)c2cc(C(=O)N[C@H](C)c3ccccc3)cc(N(C)S(C)(=O)=O)c2)s1. The number of nitrogens with one attached hydrogen (secondary N) is 3. The second-order valence-electron chi connectivity index (χ2n) is 10.7. The van der Waals surface area contributed by atoms with Crippen LogP contribution in [0, 0.1) is 0 Å². The van der Waals surface area contributed by atoms with Crippen LogP contribution in [0.25, 0.3) is 0 Å². The molecular weight excluding hydrogens is 629 g/mol. The molecule has 3 aromatic carbocycles. The van der Waals surface area contributed by atoms with Gasteiger partial charge in [-0.15, -0.1) is 10.2 Å². The number of rotatable bonds is 13. The Bertz CT molecular complexity index is 1780. The number of aliphatic hydroxyl groups excluding tert-OH is 1. The van der Waals surface area contributed by atoms with Crippen molar-refractivity contribution >= 4 is 49.9 Å². The van der Waals surface area contributed by atoms with Crippen molar-refractivity contribution in [2.75, 3.05) is 22.9 Å². The highest BCUT2D eigenvalue weighted by atomic mass is 32.2. The minimum Gasteiger partial charge on any atom is -0.381 e. The summed E-state index contributed by atoms with van der Waals surface area (Å²) in [7, 11) is -2.45. The largest absolute Gasteiger partial charge is 0.381 e. The predicted octanol–water partition coefficient (Wildman–Crippen LogP) is 3.33. The van der Waals surface area contributed by atoms with Gasteiger partial charge < -0.3 is 15.7 Å². The van der Waals surface area contributed by atoms with Gasteiger partial charge in [0, 0.05) is 18.2 Å². The van der Waals surface area contributed by atoms with Crippen LogP contribution in [-0.2, 0) is 27.7 Å². The highest BCUT2D eigenvalue weighted by Crippen LogP contribution is 2.23.